The van der Waals surface area contributed by atoms with Gasteiger partial charge in [-0.15, -0.1) is 0 Å². The normalized spacial score (nSPS) is 41.2. The van der Waals surface area contributed by atoms with Gasteiger partial charge >= 0.3 is 5.97 Å². The van der Waals surface area contributed by atoms with Crippen molar-refractivity contribution in [2.75, 3.05) is 39.3 Å². The third-order valence-corrected chi connectivity index (χ3v) is 6.88. The summed E-state index contributed by atoms with van der Waals surface area (Å²) in [6, 6.07) is 0. The molecule has 0 bridgehead atoms. The molecule has 0 aromatic rings. The summed E-state index contributed by atoms with van der Waals surface area (Å²) in [4.78, 5) is 17.2. The molecule has 3 saturated heterocycles. The van der Waals surface area contributed by atoms with Crippen molar-refractivity contribution in [3.63, 3.8) is 0 Å². The fraction of sp³-hybridized carbons (Fsp3) is 0.947. The molecule has 0 aromatic heterocycles. The van der Waals surface area contributed by atoms with Gasteiger partial charge in [0, 0.05) is 51.5 Å². The van der Waals surface area contributed by atoms with E-state index < -0.39 is 0 Å². The van der Waals surface area contributed by atoms with Gasteiger partial charge in [-0.05, 0) is 38.0 Å². The fourth-order valence-electron chi connectivity index (χ4n) is 5.45. The minimum atomic E-state index is -0.209. The van der Waals surface area contributed by atoms with Crippen molar-refractivity contribution in [3.8, 4) is 0 Å². The number of piperazine rings is 1. The second kappa shape index (κ2) is 7.91. The van der Waals surface area contributed by atoms with Crippen LogP contribution in [0.25, 0.3) is 0 Å². The van der Waals surface area contributed by atoms with Gasteiger partial charge in [-0.3, -0.25) is 9.69 Å². The first-order valence-electron chi connectivity index (χ1n) is 10.4. The van der Waals surface area contributed by atoms with E-state index in [1.165, 1.54) is 25.8 Å². The number of carbonyl (C=O) groups is 1. The maximum absolute atomic E-state index is 12.0. The molecule has 1 aliphatic carbocycles. The second-order valence-corrected chi connectivity index (χ2v) is 8.55. The molecule has 0 radical (unpaired) electrons. The Balaban J connectivity index is 1.30. The van der Waals surface area contributed by atoms with Crippen LogP contribution in [-0.2, 0) is 9.53 Å². The molecule has 0 spiro atoms. The van der Waals surface area contributed by atoms with Crippen LogP contribution in [0.5, 0.6) is 0 Å². The van der Waals surface area contributed by atoms with Crippen molar-refractivity contribution in [1.29, 1.82) is 0 Å². The summed E-state index contributed by atoms with van der Waals surface area (Å²) in [6.07, 6.45) is 7.54. The van der Waals surface area contributed by atoms with Crippen molar-refractivity contribution in [2.45, 2.75) is 63.3 Å². The molecule has 0 amide bonds. The molecule has 5 unspecified atom stereocenters. The number of aliphatic hydroxyl groups excluding tert-OH is 1. The van der Waals surface area contributed by atoms with Crippen LogP contribution in [0.2, 0.25) is 0 Å². The number of hydrogen-bond donors (Lipinski definition) is 2. The summed E-state index contributed by atoms with van der Waals surface area (Å²) in [5.41, 5.74) is 0. The lowest BCUT2D eigenvalue weighted by Crippen LogP contribution is -2.95. The molecule has 6 heteroatoms. The number of quaternary nitrogens is 1. The lowest BCUT2D eigenvalue weighted by atomic mass is 9.73. The number of ether oxygens (including phenoxy) is 1. The highest BCUT2D eigenvalue weighted by molar-refractivity contribution is 5.70. The zero-order valence-electron chi connectivity index (χ0n) is 15.3. The number of hydrogen-bond acceptors (Lipinski definition) is 5. The zero-order chi connectivity index (χ0) is 17.2. The predicted molar refractivity (Wildman–Crippen MR) is 93.8 cm³/mol. The number of nitrogens with zero attached hydrogens (tertiary/aromatic N) is 2. The van der Waals surface area contributed by atoms with Gasteiger partial charge in [-0.2, -0.15) is 0 Å². The molecule has 4 rings (SSSR count). The summed E-state index contributed by atoms with van der Waals surface area (Å²) in [6.45, 7) is 6.78. The topological polar surface area (TPSA) is 69.6 Å². The number of aliphatic hydroxyl groups is 1. The van der Waals surface area contributed by atoms with Gasteiger partial charge in [-0.25, -0.2) is 0 Å². The van der Waals surface area contributed by atoms with Crippen LogP contribution < -0.4 is 5.32 Å². The Hall–Kier alpha value is -0.690. The van der Waals surface area contributed by atoms with Crippen LogP contribution in [0.3, 0.4) is 0 Å². The number of esters is 1. The van der Waals surface area contributed by atoms with Crippen molar-refractivity contribution in [3.05, 3.63) is 0 Å². The molecular formula is C19H34N3O3+. The maximum atomic E-state index is 12.0. The van der Waals surface area contributed by atoms with E-state index in [0.717, 1.165) is 52.0 Å². The van der Waals surface area contributed by atoms with E-state index in [4.69, 9.17) is 4.74 Å². The molecule has 4 aliphatic rings. The molecule has 5 atom stereocenters. The lowest BCUT2D eigenvalue weighted by molar-refractivity contribution is -0.717. The van der Waals surface area contributed by atoms with Crippen molar-refractivity contribution in [2.24, 2.45) is 11.8 Å². The first-order valence-corrected chi connectivity index (χ1v) is 10.4. The van der Waals surface area contributed by atoms with Gasteiger partial charge in [-0.1, -0.05) is 0 Å². The summed E-state index contributed by atoms with van der Waals surface area (Å²) in [5, 5.41) is 12.6. The summed E-state index contributed by atoms with van der Waals surface area (Å²) >= 11 is 0. The predicted octanol–water partition coefficient (Wildman–Crippen LogP) is -0.230. The molecular weight excluding hydrogens is 318 g/mol. The highest BCUT2D eigenvalue weighted by atomic mass is 16.5. The molecule has 0 aromatic carbocycles. The van der Waals surface area contributed by atoms with E-state index in [9.17, 15) is 9.90 Å². The number of rotatable bonds is 3. The summed E-state index contributed by atoms with van der Waals surface area (Å²) in [5.74, 6) is 0.679. The molecule has 3 aliphatic heterocycles. The third-order valence-electron chi connectivity index (χ3n) is 6.88. The third kappa shape index (κ3) is 4.18. The monoisotopic (exact) mass is 352 g/mol. The average molecular weight is 352 g/mol. The smallest absolute Gasteiger partial charge is 0.306 e. The standard InChI is InChI=1S/C19H33N3O3/c23-15-4-5-17-16(12-15)14(11-19(24)25-17)13-21-7-9-22(10-8-21)18-3-1-2-6-20-18/h14-18,20,23H,1-13H2/p+1. The van der Waals surface area contributed by atoms with Gasteiger partial charge in [0.1, 0.15) is 12.3 Å². The molecule has 6 nitrogen and oxygen atoms in total. The quantitative estimate of drug-likeness (QED) is 0.687. The maximum Gasteiger partial charge on any atom is 0.306 e. The van der Waals surface area contributed by atoms with E-state index in [2.05, 4.69) is 15.1 Å². The Morgan fingerprint density at radius 2 is 1.96 bits per heavy atom. The van der Waals surface area contributed by atoms with Crippen LogP contribution in [0.15, 0.2) is 0 Å². The second-order valence-electron chi connectivity index (χ2n) is 8.55. The first kappa shape index (κ1) is 17.7. The van der Waals surface area contributed by atoms with Crippen LogP contribution in [0.4, 0.5) is 0 Å². The highest BCUT2D eigenvalue weighted by Gasteiger charge is 2.43. The number of fused-ring (bicyclic) bond motifs is 1. The average Bonchev–Trinajstić information content (AvgIpc) is 2.64. The van der Waals surface area contributed by atoms with Gasteiger partial charge in [0.05, 0.1) is 12.6 Å². The van der Waals surface area contributed by atoms with E-state index in [0.29, 0.717) is 24.4 Å². The highest BCUT2D eigenvalue weighted by Crippen LogP contribution is 2.38. The molecule has 3 heterocycles. The summed E-state index contributed by atoms with van der Waals surface area (Å²) in [7, 11) is 0. The summed E-state index contributed by atoms with van der Waals surface area (Å²) < 4.78 is 5.57. The Morgan fingerprint density at radius 1 is 1.12 bits per heavy atom. The van der Waals surface area contributed by atoms with Gasteiger partial charge in [0.2, 0.25) is 0 Å². The minimum Gasteiger partial charge on any atom is -0.462 e. The lowest BCUT2D eigenvalue weighted by Gasteiger charge is -2.45. The van der Waals surface area contributed by atoms with Crippen LogP contribution >= 0.6 is 0 Å². The zero-order valence-corrected chi connectivity index (χ0v) is 15.3. The van der Waals surface area contributed by atoms with Crippen molar-refractivity contribution in [1.82, 2.24) is 9.80 Å². The number of piperidine rings is 1. The fourth-order valence-corrected chi connectivity index (χ4v) is 5.45. The SMILES string of the molecule is O=C1CC(CN2CCN(C3CCCC[NH2+]3)CC2)C2CC(O)CCC2O1. The van der Waals surface area contributed by atoms with Crippen molar-refractivity contribution >= 4 is 5.97 Å². The molecule has 3 N–H and O–H groups in total. The van der Waals surface area contributed by atoms with Crippen LogP contribution in [0.1, 0.15) is 44.9 Å². The van der Waals surface area contributed by atoms with Gasteiger partial charge < -0.3 is 20.1 Å². The molecule has 25 heavy (non-hydrogen) atoms. The van der Waals surface area contributed by atoms with Crippen LogP contribution in [-0.4, -0.2) is 78.5 Å². The Labute approximate surface area is 150 Å². The van der Waals surface area contributed by atoms with Gasteiger partial charge in [0.25, 0.3) is 0 Å². The Kier molecular flexibility index (Phi) is 5.60. The van der Waals surface area contributed by atoms with E-state index >= 15 is 0 Å². The van der Waals surface area contributed by atoms with Crippen LogP contribution in [0, 0.1) is 11.8 Å². The minimum absolute atomic E-state index is 0.0296. The molecule has 4 fully saturated rings. The van der Waals surface area contributed by atoms with Crippen molar-refractivity contribution < 1.29 is 20.0 Å². The Bertz CT molecular complexity index is 461. The molecule has 142 valence electrons. The van der Waals surface area contributed by atoms with Gasteiger partial charge in [0.15, 0.2) is 0 Å². The van der Waals surface area contributed by atoms with E-state index in [1.807, 2.05) is 0 Å². The Morgan fingerprint density at radius 3 is 2.72 bits per heavy atom. The first-order chi connectivity index (χ1) is 12.2. The van der Waals surface area contributed by atoms with E-state index in [-0.39, 0.29) is 18.2 Å². The number of nitrogens with two attached hydrogens (primary N) is 1. The number of carbonyl (C=O) groups excluding carboxylic acids is 1. The van der Waals surface area contributed by atoms with E-state index in [1.54, 1.807) is 0 Å². The largest absolute Gasteiger partial charge is 0.462 e. The molecule has 1 saturated carbocycles.